The minimum Gasteiger partial charge on any atom is -0.377 e. The largest absolute Gasteiger partial charge is 0.377 e. The highest BCUT2D eigenvalue weighted by molar-refractivity contribution is 4.93. The van der Waals surface area contributed by atoms with Crippen LogP contribution in [0.15, 0.2) is 0 Å². The lowest BCUT2D eigenvalue weighted by molar-refractivity contribution is -0.124. The molecule has 0 spiro atoms. The van der Waals surface area contributed by atoms with E-state index in [0.29, 0.717) is 11.5 Å². The van der Waals surface area contributed by atoms with E-state index in [9.17, 15) is 0 Å². The van der Waals surface area contributed by atoms with Gasteiger partial charge < -0.3 is 4.74 Å². The molecule has 0 bridgehead atoms. The van der Waals surface area contributed by atoms with Crippen molar-refractivity contribution in [2.75, 3.05) is 6.61 Å². The van der Waals surface area contributed by atoms with Crippen LogP contribution in [0, 0.1) is 16.2 Å². The molecule has 0 N–H and O–H groups in total. The molecule has 0 aromatic rings. The Morgan fingerprint density at radius 1 is 0.944 bits per heavy atom. The molecular weight excluding hydrogens is 220 g/mol. The van der Waals surface area contributed by atoms with Crippen LogP contribution in [0.4, 0.5) is 0 Å². The highest BCUT2D eigenvalue weighted by Gasteiger charge is 2.43. The van der Waals surface area contributed by atoms with E-state index < -0.39 is 0 Å². The zero-order valence-corrected chi connectivity index (χ0v) is 13.7. The molecule has 0 aromatic heterocycles. The van der Waals surface area contributed by atoms with Gasteiger partial charge in [0.25, 0.3) is 0 Å². The molecule has 1 rings (SSSR count). The Kier molecular flexibility index (Phi) is 4.92. The second kappa shape index (κ2) is 5.53. The van der Waals surface area contributed by atoms with Crippen LogP contribution in [0.3, 0.4) is 0 Å². The lowest BCUT2D eigenvalue weighted by Gasteiger charge is -2.47. The highest BCUT2D eigenvalue weighted by Crippen LogP contribution is 2.46. The zero-order valence-electron chi connectivity index (χ0n) is 13.7. The standard InChI is InChI=1S/C17H34O/c1-15(2,3)13-18-14(16(4,5)6)17(7)11-9-8-10-12-17/h14H,8-13H2,1-7H3. The maximum absolute atomic E-state index is 6.41. The van der Waals surface area contributed by atoms with Crippen LogP contribution < -0.4 is 0 Å². The summed E-state index contributed by atoms with van der Waals surface area (Å²) in [5.74, 6) is 0. The lowest BCUT2D eigenvalue weighted by Crippen LogP contribution is -2.46. The first-order chi connectivity index (χ1) is 8.05. The summed E-state index contributed by atoms with van der Waals surface area (Å²) in [4.78, 5) is 0. The SMILES string of the molecule is CC(C)(C)COC(C(C)(C)C)C1(C)CCCCC1. The van der Waals surface area contributed by atoms with Gasteiger partial charge in [-0.15, -0.1) is 0 Å². The maximum Gasteiger partial charge on any atom is 0.0677 e. The quantitative estimate of drug-likeness (QED) is 0.652. The van der Waals surface area contributed by atoms with Gasteiger partial charge in [-0.05, 0) is 29.1 Å². The van der Waals surface area contributed by atoms with E-state index in [1.807, 2.05) is 0 Å². The number of rotatable bonds is 3. The molecule has 18 heavy (non-hydrogen) atoms. The Morgan fingerprint density at radius 3 is 1.83 bits per heavy atom. The summed E-state index contributed by atoms with van der Waals surface area (Å²) in [6, 6.07) is 0. The second-order valence-corrected chi connectivity index (χ2v) is 8.83. The number of hydrogen-bond acceptors (Lipinski definition) is 1. The molecule has 1 aliphatic rings. The Balaban J connectivity index is 2.78. The molecule has 0 aromatic carbocycles. The summed E-state index contributed by atoms with van der Waals surface area (Å²) in [5, 5.41) is 0. The molecule has 1 heteroatoms. The molecule has 0 saturated heterocycles. The number of hydrogen-bond donors (Lipinski definition) is 0. The van der Waals surface area contributed by atoms with Gasteiger partial charge in [0.2, 0.25) is 0 Å². The lowest BCUT2D eigenvalue weighted by atomic mass is 9.64. The Hall–Kier alpha value is -0.0400. The number of ether oxygens (including phenoxy) is 1. The van der Waals surface area contributed by atoms with Gasteiger partial charge in [0.05, 0.1) is 12.7 Å². The summed E-state index contributed by atoms with van der Waals surface area (Å²) >= 11 is 0. The fraction of sp³-hybridized carbons (Fsp3) is 1.00. The van der Waals surface area contributed by atoms with Crippen molar-refractivity contribution in [2.24, 2.45) is 16.2 Å². The van der Waals surface area contributed by atoms with Crippen molar-refractivity contribution in [3.05, 3.63) is 0 Å². The molecular formula is C17H34O. The van der Waals surface area contributed by atoms with Crippen LogP contribution in [0.2, 0.25) is 0 Å². The monoisotopic (exact) mass is 254 g/mol. The third-order valence-corrected chi connectivity index (χ3v) is 4.10. The van der Waals surface area contributed by atoms with Crippen molar-refractivity contribution in [1.29, 1.82) is 0 Å². The minimum atomic E-state index is 0.233. The van der Waals surface area contributed by atoms with Crippen molar-refractivity contribution < 1.29 is 4.74 Å². The van der Waals surface area contributed by atoms with Crippen LogP contribution in [-0.4, -0.2) is 12.7 Å². The molecule has 1 nitrogen and oxygen atoms in total. The van der Waals surface area contributed by atoms with Crippen molar-refractivity contribution >= 4 is 0 Å². The van der Waals surface area contributed by atoms with Crippen LogP contribution >= 0.6 is 0 Å². The topological polar surface area (TPSA) is 9.23 Å². The molecule has 108 valence electrons. The van der Waals surface area contributed by atoms with E-state index in [0.717, 1.165) is 6.61 Å². The second-order valence-electron chi connectivity index (χ2n) is 8.83. The molecule has 0 radical (unpaired) electrons. The van der Waals surface area contributed by atoms with Crippen molar-refractivity contribution in [3.8, 4) is 0 Å². The van der Waals surface area contributed by atoms with E-state index in [-0.39, 0.29) is 10.8 Å². The predicted octanol–water partition coefficient (Wildman–Crippen LogP) is 5.43. The van der Waals surface area contributed by atoms with Crippen molar-refractivity contribution in [1.82, 2.24) is 0 Å². The van der Waals surface area contributed by atoms with E-state index >= 15 is 0 Å². The molecule has 1 saturated carbocycles. The van der Waals surface area contributed by atoms with Gasteiger partial charge in [-0.3, -0.25) is 0 Å². The zero-order chi connectivity index (χ0) is 14.0. The van der Waals surface area contributed by atoms with Crippen LogP contribution in [0.5, 0.6) is 0 Å². The van der Waals surface area contributed by atoms with Crippen molar-refractivity contribution in [3.63, 3.8) is 0 Å². The summed E-state index contributed by atoms with van der Waals surface area (Å²) < 4.78 is 6.41. The predicted molar refractivity (Wildman–Crippen MR) is 79.8 cm³/mol. The average molecular weight is 254 g/mol. The molecule has 1 fully saturated rings. The summed E-state index contributed by atoms with van der Waals surface area (Å²) in [6.45, 7) is 17.1. The summed E-state index contributed by atoms with van der Waals surface area (Å²) in [6.07, 6.45) is 7.21. The Labute approximate surface area is 115 Å². The van der Waals surface area contributed by atoms with Gasteiger partial charge in [0.15, 0.2) is 0 Å². The normalized spacial score (nSPS) is 22.8. The first kappa shape index (κ1) is 16.0. The van der Waals surface area contributed by atoms with Crippen LogP contribution in [-0.2, 0) is 4.74 Å². The summed E-state index contributed by atoms with van der Waals surface area (Å²) in [7, 11) is 0. The van der Waals surface area contributed by atoms with Crippen LogP contribution in [0.1, 0.15) is 80.6 Å². The summed E-state index contributed by atoms with van der Waals surface area (Å²) in [5.41, 5.74) is 0.869. The van der Waals surface area contributed by atoms with Gasteiger partial charge in [-0.1, -0.05) is 67.7 Å². The fourth-order valence-corrected chi connectivity index (χ4v) is 3.45. The molecule has 1 aliphatic carbocycles. The maximum atomic E-state index is 6.41. The van der Waals surface area contributed by atoms with Gasteiger partial charge in [-0.2, -0.15) is 0 Å². The van der Waals surface area contributed by atoms with Crippen LogP contribution in [0.25, 0.3) is 0 Å². The molecule has 0 heterocycles. The first-order valence-electron chi connectivity index (χ1n) is 7.66. The van der Waals surface area contributed by atoms with E-state index in [1.165, 1.54) is 32.1 Å². The van der Waals surface area contributed by atoms with E-state index in [2.05, 4.69) is 48.5 Å². The smallest absolute Gasteiger partial charge is 0.0677 e. The first-order valence-corrected chi connectivity index (χ1v) is 7.66. The Bertz CT molecular complexity index is 248. The Morgan fingerprint density at radius 2 is 1.44 bits per heavy atom. The fourth-order valence-electron chi connectivity index (χ4n) is 3.45. The van der Waals surface area contributed by atoms with Gasteiger partial charge >= 0.3 is 0 Å². The molecule has 1 atom stereocenters. The van der Waals surface area contributed by atoms with E-state index in [1.54, 1.807) is 0 Å². The van der Waals surface area contributed by atoms with Crippen molar-refractivity contribution in [2.45, 2.75) is 86.7 Å². The van der Waals surface area contributed by atoms with E-state index in [4.69, 9.17) is 4.74 Å². The average Bonchev–Trinajstić information content (AvgIpc) is 2.14. The van der Waals surface area contributed by atoms with Gasteiger partial charge in [0, 0.05) is 0 Å². The molecule has 1 unspecified atom stereocenters. The van der Waals surface area contributed by atoms with Gasteiger partial charge in [-0.25, -0.2) is 0 Å². The molecule has 0 aliphatic heterocycles. The third kappa shape index (κ3) is 4.57. The minimum absolute atomic E-state index is 0.233. The third-order valence-electron chi connectivity index (χ3n) is 4.10. The highest BCUT2D eigenvalue weighted by atomic mass is 16.5. The van der Waals surface area contributed by atoms with Gasteiger partial charge in [0.1, 0.15) is 0 Å². The molecule has 0 amide bonds.